The number of halogens is 1. The third kappa shape index (κ3) is 4.87. The molecule has 1 heterocycles. The number of thioether (sulfide) groups is 1. The van der Waals surface area contributed by atoms with Crippen LogP contribution >= 0.6 is 27.7 Å². The van der Waals surface area contributed by atoms with Crippen LogP contribution in [-0.2, 0) is 14.3 Å². The lowest BCUT2D eigenvalue weighted by molar-refractivity contribution is -0.145. The highest BCUT2D eigenvalue weighted by Gasteiger charge is 2.34. The number of carbonyl (C=O) groups excluding carboxylic acids is 3. The van der Waals surface area contributed by atoms with Crippen molar-refractivity contribution in [2.24, 2.45) is 0 Å². The van der Waals surface area contributed by atoms with Crippen molar-refractivity contribution in [2.45, 2.75) is 6.92 Å². The molecule has 0 radical (unpaired) electrons. The molecule has 130 valence electrons. The van der Waals surface area contributed by atoms with Crippen molar-refractivity contribution in [1.82, 2.24) is 4.90 Å². The van der Waals surface area contributed by atoms with E-state index in [1.807, 2.05) is 0 Å². The third-order valence-corrected chi connectivity index (χ3v) is 4.43. The van der Waals surface area contributed by atoms with E-state index in [0.29, 0.717) is 11.3 Å². The summed E-state index contributed by atoms with van der Waals surface area (Å²) in [6.45, 7) is 1.63. The lowest BCUT2D eigenvalue weighted by Gasteiger charge is -2.10. The Morgan fingerprint density at radius 3 is 2.88 bits per heavy atom. The predicted octanol–water partition coefficient (Wildman–Crippen LogP) is 3.06. The zero-order chi connectivity index (χ0) is 18.4. The smallest absolute Gasteiger partial charge is 0.344 e. The van der Waals surface area contributed by atoms with E-state index in [9.17, 15) is 14.4 Å². The molecule has 0 saturated carbocycles. The van der Waals surface area contributed by atoms with E-state index in [1.165, 1.54) is 6.08 Å². The highest BCUT2D eigenvalue weighted by atomic mass is 79.9. The number of benzene rings is 1. The molecule has 0 bridgehead atoms. The molecule has 0 aliphatic carbocycles. The first-order chi connectivity index (χ1) is 12.0. The van der Waals surface area contributed by atoms with Gasteiger partial charge in [-0.15, -0.1) is 6.42 Å². The molecular formula is C17H14BrNO5S. The number of carbonyl (C=O) groups is 3. The molecule has 1 aliphatic heterocycles. The first-order valence-corrected chi connectivity index (χ1v) is 8.84. The summed E-state index contributed by atoms with van der Waals surface area (Å²) in [5.41, 5.74) is 0.546. The van der Waals surface area contributed by atoms with Gasteiger partial charge in [0.15, 0.2) is 6.61 Å². The highest BCUT2D eigenvalue weighted by molar-refractivity contribution is 9.10. The number of hydrogen-bond acceptors (Lipinski definition) is 6. The van der Waals surface area contributed by atoms with Crippen molar-refractivity contribution in [3.63, 3.8) is 0 Å². The summed E-state index contributed by atoms with van der Waals surface area (Å²) in [6, 6.07) is 5.11. The van der Waals surface area contributed by atoms with Gasteiger partial charge >= 0.3 is 5.97 Å². The number of nitrogens with zero attached hydrogens (tertiary/aromatic N) is 1. The van der Waals surface area contributed by atoms with Gasteiger partial charge < -0.3 is 9.47 Å². The van der Waals surface area contributed by atoms with E-state index in [-0.39, 0.29) is 24.7 Å². The van der Waals surface area contributed by atoms with Crippen LogP contribution in [0.5, 0.6) is 5.75 Å². The standard InChI is InChI=1S/C17H14BrNO5S/c1-3-7-19-16(21)14(25-17(19)22)9-11-8-12(18)5-6-13(11)24-10-15(20)23-4-2/h1,5-6,8-9H,4,7,10H2,2H3/b14-9-. The van der Waals surface area contributed by atoms with E-state index >= 15 is 0 Å². The fraction of sp³-hybridized carbons (Fsp3) is 0.235. The van der Waals surface area contributed by atoms with Crippen molar-refractivity contribution in [2.75, 3.05) is 19.8 Å². The van der Waals surface area contributed by atoms with Crippen molar-refractivity contribution in [1.29, 1.82) is 0 Å². The topological polar surface area (TPSA) is 72.9 Å². The Bertz CT molecular complexity index is 784. The largest absolute Gasteiger partial charge is 0.481 e. The molecule has 2 rings (SSSR count). The van der Waals surface area contributed by atoms with Crippen LogP contribution in [0.4, 0.5) is 4.79 Å². The SMILES string of the molecule is C#CCN1C(=O)S/C(=C\c2cc(Br)ccc2OCC(=O)OCC)C1=O. The van der Waals surface area contributed by atoms with Crippen LogP contribution in [0.15, 0.2) is 27.6 Å². The first-order valence-electron chi connectivity index (χ1n) is 7.23. The highest BCUT2D eigenvalue weighted by Crippen LogP contribution is 2.34. The van der Waals surface area contributed by atoms with Crippen molar-refractivity contribution in [3.05, 3.63) is 33.1 Å². The van der Waals surface area contributed by atoms with E-state index in [2.05, 4.69) is 21.9 Å². The van der Waals surface area contributed by atoms with Crippen molar-refractivity contribution < 1.29 is 23.9 Å². The third-order valence-electron chi connectivity index (χ3n) is 3.03. The molecule has 0 aromatic heterocycles. The molecule has 6 nitrogen and oxygen atoms in total. The molecule has 0 N–H and O–H groups in total. The molecule has 0 spiro atoms. The maximum atomic E-state index is 12.3. The van der Waals surface area contributed by atoms with Gasteiger partial charge in [0, 0.05) is 10.0 Å². The molecule has 1 fully saturated rings. The minimum atomic E-state index is -0.495. The second-order valence-corrected chi connectivity index (χ2v) is 6.66. The molecule has 1 aromatic rings. The van der Waals surface area contributed by atoms with E-state index in [4.69, 9.17) is 15.9 Å². The van der Waals surface area contributed by atoms with Gasteiger partial charge in [0.2, 0.25) is 0 Å². The van der Waals surface area contributed by atoms with E-state index in [0.717, 1.165) is 21.1 Å². The molecule has 2 amide bonds. The van der Waals surface area contributed by atoms with Crippen LogP contribution in [0.2, 0.25) is 0 Å². The van der Waals surface area contributed by atoms with Gasteiger partial charge in [0.1, 0.15) is 5.75 Å². The van der Waals surface area contributed by atoms with Gasteiger partial charge in [0.05, 0.1) is 18.1 Å². The molecule has 0 unspecified atom stereocenters. The zero-order valence-electron chi connectivity index (χ0n) is 13.3. The maximum Gasteiger partial charge on any atom is 0.344 e. The van der Waals surface area contributed by atoms with Gasteiger partial charge in [-0.1, -0.05) is 21.9 Å². The summed E-state index contributed by atoms with van der Waals surface area (Å²) in [5.74, 6) is 1.72. The van der Waals surface area contributed by atoms with Crippen molar-refractivity contribution in [3.8, 4) is 18.1 Å². The van der Waals surface area contributed by atoms with Gasteiger partial charge in [-0.05, 0) is 43.0 Å². The lowest BCUT2D eigenvalue weighted by Crippen LogP contribution is -2.28. The van der Waals surface area contributed by atoms with Crippen LogP contribution in [-0.4, -0.2) is 41.8 Å². The molecule has 8 heteroatoms. The Morgan fingerprint density at radius 1 is 1.44 bits per heavy atom. The maximum absolute atomic E-state index is 12.3. The van der Waals surface area contributed by atoms with Gasteiger partial charge in [-0.25, -0.2) is 4.79 Å². The fourth-order valence-electron chi connectivity index (χ4n) is 1.97. The number of terminal acetylenes is 1. The average Bonchev–Trinajstić information content (AvgIpc) is 2.82. The Balaban J connectivity index is 2.25. The Morgan fingerprint density at radius 2 is 2.20 bits per heavy atom. The van der Waals surface area contributed by atoms with Gasteiger partial charge in [0.25, 0.3) is 11.1 Å². The normalized spacial score (nSPS) is 15.4. The summed E-state index contributed by atoms with van der Waals surface area (Å²) in [7, 11) is 0. The molecule has 1 saturated heterocycles. The number of amides is 2. The number of imide groups is 1. The van der Waals surface area contributed by atoms with Crippen LogP contribution < -0.4 is 4.74 Å². The number of hydrogen-bond donors (Lipinski definition) is 0. The van der Waals surface area contributed by atoms with Crippen LogP contribution in [0.25, 0.3) is 6.08 Å². The van der Waals surface area contributed by atoms with Crippen molar-refractivity contribution >= 4 is 50.9 Å². The molecule has 1 aliphatic rings. The number of rotatable bonds is 6. The summed E-state index contributed by atoms with van der Waals surface area (Å²) in [4.78, 5) is 36.8. The lowest BCUT2D eigenvalue weighted by atomic mass is 10.2. The minimum absolute atomic E-state index is 0.0767. The Labute approximate surface area is 157 Å². The van der Waals surface area contributed by atoms with Crippen LogP contribution in [0.3, 0.4) is 0 Å². The molecule has 25 heavy (non-hydrogen) atoms. The Kier molecular flexibility index (Phi) is 6.67. The summed E-state index contributed by atoms with van der Waals surface area (Å²) in [5, 5.41) is -0.418. The summed E-state index contributed by atoms with van der Waals surface area (Å²) >= 11 is 4.15. The summed E-state index contributed by atoms with van der Waals surface area (Å²) in [6.07, 6.45) is 6.71. The first kappa shape index (κ1) is 19.1. The molecule has 0 atom stereocenters. The van der Waals surface area contributed by atoms with Crippen LogP contribution in [0.1, 0.15) is 12.5 Å². The summed E-state index contributed by atoms with van der Waals surface area (Å²) < 4.78 is 11.0. The average molecular weight is 424 g/mol. The second-order valence-electron chi connectivity index (χ2n) is 4.75. The number of esters is 1. The Hall–Kier alpha value is -2.24. The quantitative estimate of drug-likeness (QED) is 0.397. The zero-order valence-corrected chi connectivity index (χ0v) is 15.7. The van der Waals surface area contributed by atoms with Gasteiger partial charge in [-0.3, -0.25) is 14.5 Å². The predicted molar refractivity (Wildman–Crippen MR) is 97.8 cm³/mol. The molecular weight excluding hydrogens is 410 g/mol. The van der Waals surface area contributed by atoms with E-state index in [1.54, 1.807) is 25.1 Å². The van der Waals surface area contributed by atoms with E-state index < -0.39 is 17.1 Å². The second kappa shape index (κ2) is 8.74. The molecule has 1 aromatic carbocycles. The number of ether oxygens (including phenoxy) is 2. The van der Waals surface area contributed by atoms with Crippen LogP contribution in [0, 0.1) is 12.3 Å². The minimum Gasteiger partial charge on any atom is -0.481 e. The monoisotopic (exact) mass is 423 g/mol. The fourth-order valence-corrected chi connectivity index (χ4v) is 3.18. The van der Waals surface area contributed by atoms with Gasteiger partial charge in [-0.2, -0.15) is 0 Å².